The second-order valence-corrected chi connectivity index (χ2v) is 9.21. The van der Waals surface area contributed by atoms with Gasteiger partial charge < -0.3 is 10.2 Å². The highest BCUT2D eigenvalue weighted by Gasteiger charge is 2.45. The molecule has 4 rings (SSSR count). The van der Waals surface area contributed by atoms with E-state index in [1.807, 2.05) is 30.3 Å². The summed E-state index contributed by atoms with van der Waals surface area (Å²) < 4.78 is 13.4. The van der Waals surface area contributed by atoms with Crippen LogP contribution >= 0.6 is 11.8 Å². The zero-order chi connectivity index (χ0) is 20.9. The van der Waals surface area contributed by atoms with E-state index in [2.05, 4.69) is 5.32 Å². The summed E-state index contributed by atoms with van der Waals surface area (Å²) in [5.74, 6) is 0.313. The molecule has 1 saturated carbocycles. The molecule has 1 heterocycles. The molecular formula is C24H27FN2O2S. The largest absolute Gasteiger partial charge is 0.350 e. The number of rotatable bonds is 5. The molecule has 0 unspecified atom stereocenters. The van der Waals surface area contributed by atoms with Crippen LogP contribution in [0.4, 0.5) is 4.39 Å². The standard InChI is InChI=1S/C24H27FN2O2S/c25-20-13-11-18(12-14-20)23(29)27-21(16-30-24(27)19-9-5-2-6-10-19)22(28)26-15-17-7-3-1-4-8-17/h1,3-4,7-8,11-14,19,21,24H,2,5-6,9-10,15-16H2,(H,26,28)/t21-,24-/m1/s1. The van der Waals surface area contributed by atoms with Crippen LogP contribution in [0.2, 0.25) is 0 Å². The number of hydrogen-bond acceptors (Lipinski definition) is 3. The fourth-order valence-electron chi connectivity index (χ4n) is 4.41. The third-order valence-electron chi connectivity index (χ3n) is 6.03. The van der Waals surface area contributed by atoms with Crippen LogP contribution in [-0.4, -0.2) is 33.9 Å². The Morgan fingerprint density at radius 2 is 1.70 bits per heavy atom. The van der Waals surface area contributed by atoms with Gasteiger partial charge in [-0.2, -0.15) is 0 Å². The Kier molecular flexibility index (Phi) is 6.72. The molecule has 30 heavy (non-hydrogen) atoms. The number of nitrogens with one attached hydrogen (secondary N) is 1. The lowest BCUT2D eigenvalue weighted by Gasteiger charge is -2.35. The summed E-state index contributed by atoms with van der Waals surface area (Å²) in [5, 5.41) is 3.00. The van der Waals surface area contributed by atoms with Crippen molar-refractivity contribution in [1.82, 2.24) is 10.2 Å². The molecule has 4 nitrogen and oxygen atoms in total. The zero-order valence-corrected chi connectivity index (χ0v) is 17.7. The second-order valence-electron chi connectivity index (χ2n) is 8.06. The van der Waals surface area contributed by atoms with Gasteiger partial charge in [0.15, 0.2) is 0 Å². The minimum atomic E-state index is -0.511. The van der Waals surface area contributed by atoms with Crippen LogP contribution in [0.5, 0.6) is 0 Å². The predicted octanol–water partition coefficient (Wildman–Crippen LogP) is 4.61. The van der Waals surface area contributed by atoms with Crippen molar-refractivity contribution in [2.75, 3.05) is 5.75 Å². The Labute approximate surface area is 181 Å². The van der Waals surface area contributed by atoms with E-state index < -0.39 is 6.04 Å². The molecule has 2 aromatic rings. The summed E-state index contributed by atoms with van der Waals surface area (Å²) in [6, 6.07) is 14.9. The Hall–Kier alpha value is -2.34. The maximum absolute atomic E-state index is 13.4. The minimum Gasteiger partial charge on any atom is -0.350 e. The Bertz CT molecular complexity index is 869. The Morgan fingerprint density at radius 1 is 1.00 bits per heavy atom. The SMILES string of the molecule is O=C(NCc1ccccc1)[C@H]1CS[C@H](C2CCCCC2)N1C(=O)c1ccc(F)cc1. The monoisotopic (exact) mass is 426 g/mol. The zero-order valence-electron chi connectivity index (χ0n) is 16.9. The molecule has 2 aliphatic rings. The van der Waals surface area contributed by atoms with Gasteiger partial charge in [-0.25, -0.2) is 4.39 Å². The maximum atomic E-state index is 13.4. The number of thioether (sulfide) groups is 1. The molecule has 158 valence electrons. The lowest BCUT2D eigenvalue weighted by atomic mass is 9.88. The number of hydrogen-bond donors (Lipinski definition) is 1. The fourth-order valence-corrected chi connectivity index (χ4v) is 6.05. The molecule has 1 aliphatic heterocycles. The highest BCUT2D eigenvalue weighted by atomic mass is 32.2. The third kappa shape index (κ3) is 4.69. The summed E-state index contributed by atoms with van der Waals surface area (Å²) in [4.78, 5) is 28.3. The number of halogens is 1. The molecule has 0 bridgehead atoms. The van der Waals surface area contributed by atoms with Crippen LogP contribution < -0.4 is 5.32 Å². The summed E-state index contributed by atoms with van der Waals surface area (Å²) in [5.41, 5.74) is 1.46. The first-order valence-corrected chi connectivity index (χ1v) is 11.7. The Balaban J connectivity index is 1.53. The normalized spacial score (nSPS) is 22.1. The maximum Gasteiger partial charge on any atom is 0.255 e. The van der Waals surface area contributed by atoms with Gasteiger partial charge in [-0.15, -0.1) is 11.8 Å². The minimum absolute atomic E-state index is 0.00433. The summed E-state index contributed by atoms with van der Waals surface area (Å²) >= 11 is 1.71. The summed E-state index contributed by atoms with van der Waals surface area (Å²) in [7, 11) is 0. The number of nitrogens with zero attached hydrogens (tertiary/aromatic N) is 1. The van der Waals surface area contributed by atoms with E-state index in [1.54, 1.807) is 16.7 Å². The van der Waals surface area contributed by atoms with Gasteiger partial charge in [0.25, 0.3) is 5.91 Å². The van der Waals surface area contributed by atoms with Crippen molar-refractivity contribution in [2.45, 2.75) is 50.1 Å². The van der Waals surface area contributed by atoms with Crippen molar-refractivity contribution >= 4 is 23.6 Å². The van der Waals surface area contributed by atoms with Gasteiger partial charge in [0.2, 0.25) is 5.91 Å². The number of amides is 2. The van der Waals surface area contributed by atoms with E-state index in [4.69, 9.17) is 0 Å². The smallest absolute Gasteiger partial charge is 0.255 e. The highest BCUT2D eigenvalue weighted by molar-refractivity contribution is 8.00. The van der Waals surface area contributed by atoms with Crippen molar-refractivity contribution in [3.63, 3.8) is 0 Å². The quantitative estimate of drug-likeness (QED) is 0.760. The molecule has 2 fully saturated rings. The second kappa shape index (κ2) is 9.65. The van der Waals surface area contributed by atoms with Crippen LogP contribution in [0.1, 0.15) is 48.0 Å². The van der Waals surface area contributed by atoms with E-state index in [0.29, 0.717) is 23.8 Å². The first-order valence-electron chi connectivity index (χ1n) is 10.6. The van der Waals surface area contributed by atoms with Crippen LogP contribution in [-0.2, 0) is 11.3 Å². The van der Waals surface area contributed by atoms with Gasteiger partial charge in [-0.1, -0.05) is 49.6 Å². The molecule has 2 aromatic carbocycles. The van der Waals surface area contributed by atoms with Crippen LogP contribution in [0.15, 0.2) is 54.6 Å². The highest BCUT2D eigenvalue weighted by Crippen LogP contribution is 2.41. The van der Waals surface area contributed by atoms with Crippen LogP contribution in [0, 0.1) is 11.7 Å². The average molecular weight is 427 g/mol. The molecule has 0 radical (unpaired) electrons. The van der Waals surface area contributed by atoms with Crippen LogP contribution in [0.3, 0.4) is 0 Å². The topological polar surface area (TPSA) is 49.4 Å². The van der Waals surface area contributed by atoms with Gasteiger partial charge in [0, 0.05) is 17.9 Å². The van der Waals surface area contributed by atoms with E-state index in [0.717, 1.165) is 18.4 Å². The molecule has 2 atom stereocenters. The average Bonchev–Trinajstić information content (AvgIpc) is 3.24. The lowest BCUT2D eigenvalue weighted by molar-refractivity contribution is -0.125. The van der Waals surface area contributed by atoms with Crippen molar-refractivity contribution in [3.8, 4) is 0 Å². The fraction of sp³-hybridized carbons (Fsp3) is 0.417. The van der Waals surface area contributed by atoms with Crippen molar-refractivity contribution in [1.29, 1.82) is 0 Å². The van der Waals surface area contributed by atoms with Gasteiger partial charge in [-0.3, -0.25) is 9.59 Å². The third-order valence-corrected chi connectivity index (χ3v) is 7.49. The van der Waals surface area contributed by atoms with E-state index in [-0.39, 0.29) is 23.0 Å². The van der Waals surface area contributed by atoms with Crippen molar-refractivity contribution in [2.24, 2.45) is 5.92 Å². The molecule has 1 aliphatic carbocycles. The van der Waals surface area contributed by atoms with Gasteiger partial charge >= 0.3 is 0 Å². The van der Waals surface area contributed by atoms with Crippen molar-refractivity contribution in [3.05, 3.63) is 71.5 Å². The molecule has 2 amide bonds. The molecule has 1 saturated heterocycles. The van der Waals surface area contributed by atoms with Crippen LogP contribution in [0.25, 0.3) is 0 Å². The number of carbonyl (C=O) groups excluding carboxylic acids is 2. The molecule has 0 aromatic heterocycles. The van der Waals surface area contributed by atoms with Gasteiger partial charge in [0.1, 0.15) is 11.9 Å². The van der Waals surface area contributed by atoms with E-state index >= 15 is 0 Å². The van der Waals surface area contributed by atoms with Gasteiger partial charge in [-0.05, 0) is 48.6 Å². The van der Waals surface area contributed by atoms with Gasteiger partial charge in [0.05, 0.1) is 5.37 Å². The first kappa shape index (κ1) is 20.9. The van der Waals surface area contributed by atoms with E-state index in [1.165, 1.54) is 43.5 Å². The Morgan fingerprint density at radius 3 is 2.40 bits per heavy atom. The molecular weight excluding hydrogens is 399 g/mol. The first-order chi connectivity index (χ1) is 14.6. The van der Waals surface area contributed by atoms with E-state index in [9.17, 15) is 14.0 Å². The number of benzene rings is 2. The summed E-state index contributed by atoms with van der Waals surface area (Å²) in [6.45, 7) is 0.438. The molecule has 6 heteroatoms. The van der Waals surface area contributed by atoms with Crippen molar-refractivity contribution < 1.29 is 14.0 Å². The molecule has 1 N–H and O–H groups in total. The molecule has 0 spiro atoms. The lowest BCUT2D eigenvalue weighted by Crippen LogP contribution is -2.51. The predicted molar refractivity (Wildman–Crippen MR) is 117 cm³/mol. The summed E-state index contributed by atoms with van der Waals surface area (Å²) in [6.07, 6.45) is 5.75. The number of carbonyl (C=O) groups is 2.